The van der Waals surface area contributed by atoms with Gasteiger partial charge in [0.15, 0.2) is 16.6 Å². The number of aromatic nitrogens is 4. The van der Waals surface area contributed by atoms with Crippen LogP contribution >= 0.6 is 11.3 Å². The van der Waals surface area contributed by atoms with Crippen molar-refractivity contribution in [1.82, 2.24) is 24.7 Å². The van der Waals surface area contributed by atoms with Crippen molar-refractivity contribution in [1.29, 1.82) is 0 Å². The van der Waals surface area contributed by atoms with E-state index < -0.39 is 0 Å². The van der Waals surface area contributed by atoms with E-state index in [0.29, 0.717) is 18.2 Å². The summed E-state index contributed by atoms with van der Waals surface area (Å²) in [6.45, 7) is 2.82. The third kappa shape index (κ3) is 4.23. The van der Waals surface area contributed by atoms with Gasteiger partial charge in [-0.2, -0.15) is 0 Å². The second kappa shape index (κ2) is 9.08. The number of hydrogen-bond donors (Lipinski definition) is 2. The Morgan fingerprint density at radius 3 is 2.88 bits per heavy atom. The van der Waals surface area contributed by atoms with Crippen LogP contribution in [-0.4, -0.2) is 31.3 Å². The fourth-order valence-electron chi connectivity index (χ4n) is 4.27. The van der Waals surface area contributed by atoms with E-state index in [4.69, 9.17) is 4.98 Å². The first-order valence-electron chi connectivity index (χ1n) is 11.1. The standard InChI is InChI=1S/C24H26N6OS/c1-16-8-2-3-10-18(16)28-23(31)21-19-11-5-7-13-30(19)22(29-21)20-15-27-24(32-20)26-14-17-9-4-6-12-25-17/h4-7,9,11-13,15-16,18H,2-3,8,10,14H2,1H3,(H,26,27)(H,28,31)/t16-,18+/m1/s1. The molecule has 7 nitrogen and oxygen atoms in total. The molecule has 164 valence electrons. The van der Waals surface area contributed by atoms with Crippen LogP contribution in [0.25, 0.3) is 16.2 Å². The van der Waals surface area contributed by atoms with Crippen LogP contribution in [0.1, 0.15) is 48.8 Å². The Labute approximate surface area is 191 Å². The molecule has 0 bridgehead atoms. The normalized spacial score (nSPS) is 18.5. The lowest BCUT2D eigenvalue weighted by molar-refractivity contribution is 0.0907. The fraction of sp³-hybridized carbons (Fsp3) is 0.333. The van der Waals surface area contributed by atoms with Crippen LogP contribution in [0.4, 0.5) is 5.13 Å². The highest BCUT2D eigenvalue weighted by atomic mass is 32.1. The van der Waals surface area contributed by atoms with Crippen LogP contribution in [0.15, 0.2) is 55.0 Å². The van der Waals surface area contributed by atoms with E-state index in [9.17, 15) is 4.79 Å². The minimum Gasteiger partial charge on any atom is -0.356 e. The minimum atomic E-state index is -0.100. The summed E-state index contributed by atoms with van der Waals surface area (Å²) in [5.74, 6) is 1.12. The lowest BCUT2D eigenvalue weighted by Crippen LogP contribution is -2.41. The average Bonchev–Trinajstić information content (AvgIpc) is 3.45. The number of amides is 1. The average molecular weight is 447 g/mol. The largest absolute Gasteiger partial charge is 0.356 e. The summed E-state index contributed by atoms with van der Waals surface area (Å²) in [5.41, 5.74) is 2.22. The SMILES string of the molecule is C[C@@H]1CCCC[C@@H]1NC(=O)c1nc(-c2cnc(NCc3ccccn3)s2)n2ccccc12. The molecule has 4 heterocycles. The zero-order chi connectivity index (χ0) is 21.9. The van der Waals surface area contributed by atoms with Crippen LogP contribution in [0.2, 0.25) is 0 Å². The number of fused-ring (bicyclic) bond motifs is 1. The van der Waals surface area contributed by atoms with Crippen LogP contribution in [0, 0.1) is 5.92 Å². The van der Waals surface area contributed by atoms with E-state index in [2.05, 4.69) is 27.5 Å². The Balaban J connectivity index is 1.39. The fourth-order valence-corrected chi connectivity index (χ4v) is 5.07. The van der Waals surface area contributed by atoms with Gasteiger partial charge >= 0.3 is 0 Å². The predicted molar refractivity (Wildman–Crippen MR) is 127 cm³/mol. The van der Waals surface area contributed by atoms with Gasteiger partial charge in [0.25, 0.3) is 5.91 Å². The molecule has 0 aliphatic heterocycles. The first kappa shape index (κ1) is 20.6. The van der Waals surface area contributed by atoms with Crippen LogP contribution in [0.3, 0.4) is 0 Å². The molecule has 8 heteroatoms. The quantitative estimate of drug-likeness (QED) is 0.446. The maximum atomic E-state index is 13.2. The summed E-state index contributed by atoms with van der Waals surface area (Å²) >= 11 is 1.52. The Hall–Kier alpha value is -3.26. The molecule has 1 aliphatic carbocycles. The van der Waals surface area contributed by atoms with Gasteiger partial charge in [-0.25, -0.2) is 9.97 Å². The summed E-state index contributed by atoms with van der Waals surface area (Å²) in [6, 6.07) is 11.9. The summed E-state index contributed by atoms with van der Waals surface area (Å²) in [4.78, 5) is 27.7. The lowest BCUT2D eigenvalue weighted by Gasteiger charge is -2.29. The van der Waals surface area contributed by atoms with Crippen molar-refractivity contribution in [2.75, 3.05) is 5.32 Å². The van der Waals surface area contributed by atoms with Crippen molar-refractivity contribution in [3.8, 4) is 10.7 Å². The number of imidazole rings is 1. The Kier molecular flexibility index (Phi) is 5.85. The zero-order valence-corrected chi connectivity index (χ0v) is 18.8. The highest BCUT2D eigenvalue weighted by molar-refractivity contribution is 7.18. The number of carbonyl (C=O) groups is 1. The van der Waals surface area contributed by atoms with Gasteiger partial charge in [0, 0.05) is 18.4 Å². The molecule has 4 aromatic rings. The van der Waals surface area contributed by atoms with Gasteiger partial charge in [-0.05, 0) is 43.0 Å². The third-order valence-electron chi connectivity index (χ3n) is 6.06. The van der Waals surface area contributed by atoms with Gasteiger partial charge in [0.05, 0.1) is 28.8 Å². The Bertz CT molecular complexity index is 1220. The zero-order valence-electron chi connectivity index (χ0n) is 18.0. The van der Waals surface area contributed by atoms with Crippen molar-refractivity contribution in [3.05, 3.63) is 66.4 Å². The number of rotatable bonds is 6. The van der Waals surface area contributed by atoms with Gasteiger partial charge in [-0.15, -0.1) is 0 Å². The lowest BCUT2D eigenvalue weighted by atomic mass is 9.86. The maximum absolute atomic E-state index is 13.2. The monoisotopic (exact) mass is 446 g/mol. The molecule has 1 saturated carbocycles. The smallest absolute Gasteiger partial charge is 0.272 e. The van der Waals surface area contributed by atoms with Gasteiger partial charge < -0.3 is 10.6 Å². The molecule has 0 spiro atoms. The molecular formula is C24H26N6OS. The first-order valence-corrected chi connectivity index (χ1v) is 11.9. The molecular weight excluding hydrogens is 420 g/mol. The van der Waals surface area contributed by atoms with E-state index >= 15 is 0 Å². The second-order valence-electron chi connectivity index (χ2n) is 8.29. The van der Waals surface area contributed by atoms with Gasteiger partial charge in [0.2, 0.25) is 0 Å². The van der Waals surface area contributed by atoms with Gasteiger partial charge in [-0.3, -0.25) is 14.2 Å². The number of anilines is 1. The predicted octanol–water partition coefficient (Wildman–Crippen LogP) is 4.77. The molecule has 0 aromatic carbocycles. The van der Waals surface area contributed by atoms with Crippen molar-refractivity contribution in [2.45, 2.75) is 45.2 Å². The highest BCUT2D eigenvalue weighted by Crippen LogP contribution is 2.31. The highest BCUT2D eigenvalue weighted by Gasteiger charge is 2.26. The second-order valence-corrected chi connectivity index (χ2v) is 9.32. The Morgan fingerprint density at radius 2 is 2.03 bits per heavy atom. The van der Waals surface area contributed by atoms with Crippen LogP contribution < -0.4 is 10.6 Å². The molecule has 2 atom stereocenters. The van der Waals surface area contributed by atoms with E-state index in [1.54, 1.807) is 12.4 Å². The molecule has 0 unspecified atom stereocenters. The van der Waals surface area contributed by atoms with Crippen molar-refractivity contribution in [3.63, 3.8) is 0 Å². The van der Waals surface area contributed by atoms with E-state index in [1.165, 1.54) is 24.2 Å². The molecule has 4 aromatic heterocycles. The van der Waals surface area contributed by atoms with Gasteiger partial charge in [0.1, 0.15) is 0 Å². The minimum absolute atomic E-state index is 0.100. The van der Waals surface area contributed by atoms with Crippen molar-refractivity contribution >= 4 is 27.9 Å². The molecule has 1 amide bonds. The number of thiazole rings is 1. The first-order chi connectivity index (χ1) is 15.7. The summed E-state index contributed by atoms with van der Waals surface area (Å²) in [6.07, 6.45) is 10.1. The topological polar surface area (TPSA) is 84.2 Å². The molecule has 2 N–H and O–H groups in total. The Morgan fingerprint density at radius 1 is 1.16 bits per heavy atom. The molecule has 0 saturated heterocycles. The molecule has 0 radical (unpaired) electrons. The number of pyridine rings is 2. The molecule has 32 heavy (non-hydrogen) atoms. The molecule has 1 fully saturated rings. The van der Waals surface area contributed by atoms with Crippen molar-refractivity contribution in [2.24, 2.45) is 5.92 Å². The molecule has 1 aliphatic rings. The molecule has 5 rings (SSSR count). The summed E-state index contributed by atoms with van der Waals surface area (Å²) < 4.78 is 1.97. The van der Waals surface area contributed by atoms with Gasteiger partial charge in [-0.1, -0.05) is 43.2 Å². The van der Waals surface area contributed by atoms with E-state index in [-0.39, 0.29) is 11.9 Å². The van der Waals surface area contributed by atoms with Crippen LogP contribution in [0.5, 0.6) is 0 Å². The van der Waals surface area contributed by atoms with E-state index in [1.807, 2.05) is 47.0 Å². The summed E-state index contributed by atoms with van der Waals surface area (Å²) in [5, 5.41) is 7.35. The summed E-state index contributed by atoms with van der Waals surface area (Å²) in [7, 11) is 0. The number of hydrogen-bond acceptors (Lipinski definition) is 6. The number of carbonyl (C=O) groups excluding carboxylic acids is 1. The number of nitrogens with zero attached hydrogens (tertiary/aromatic N) is 4. The van der Waals surface area contributed by atoms with E-state index in [0.717, 1.165) is 39.9 Å². The maximum Gasteiger partial charge on any atom is 0.272 e. The van der Waals surface area contributed by atoms with Crippen LogP contribution in [-0.2, 0) is 6.54 Å². The third-order valence-corrected chi connectivity index (χ3v) is 7.02. The number of nitrogens with one attached hydrogen (secondary N) is 2. The van der Waals surface area contributed by atoms with Crippen molar-refractivity contribution < 1.29 is 4.79 Å².